The molecule has 0 heterocycles. The Morgan fingerprint density at radius 1 is 1.40 bits per heavy atom. The highest BCUT2D eigenvalue weighted by atomic mass is 16.2. The molecule has 3 atom stereocenters. The van der Waals surface area contributed by atoms with E-state index in [1.54, 1.807) is 6.21 Å². The number of carbonyl (C=O) groups excluding carboxylic acids is 2. The second-order valence-electron chi connectivity index (χ2n) is 4.03. The number of nitrogens with two attached hydrogens (primary N) is 1. The Hall–Kier alpha value is -1.65. The van der Waals surface area contributed by atoms with Crippen LogP contribution in [0.5, 0.6) is 0 Å². The van der Waals surface area contributed by atoms with Crippen molar-refractivity contribution < 1.29 is 9.59 Å². The summed E-state index contributed by atoms with van der Waals surface area (Å²) in [6, 6.07) is 0. The zero-order chi connectivity index (χ0) is 10.8. The van der Waals surface area contributed by atoms with Gasteiger partial charge in [-0.1, -0.05) is 12.2 Å². The van der Waals surface area contributed by atoms with E-state index in [-0.39, 0.29) is 0 Å². The first-order valence-electron chi connectivity index (χ1n) is 4.98. The fourth-order valence-corrected chi connectivity index (χ4v) is 2.24. The third-order valence-electron chi connectivity index (χ3n) is 2.99. The number of rotatable bonds is 2. The van der Waals surface area contributed by atoms with Gasteiger partial charge in [-0.15, -0.1) is 0 Å². The van der Waals surface area contributed by atoms with Gasteiger partial charge in [-0.3, -0.25) is 9.59 Å². The van der Waals surface area contributed by atoms with Gasteiger partial charge in [-0.05, 0) is 24.7 Å². The number of nitrogens with one attached hydrogen (secondary N) is 1. The van der Waals surface area contributed by atoms with Crippen LogP contribution in [0.15, 0.2) is 17.3 Å². The lowest BCUT2D eigenvalue weighted by Gasteiger charge is -2.11. The van der Waals surface area contributed by atoms with Gasteiger partial charge in [0, 0.05) is 12.1 Å². The smallest absolute Gasteiger partial charge is 0.329 e. The molecule has 5 heteroatoms. The van der Waals surface area contributed by atoms with Crippen molar-refractivity contribution in [3.8, 4) is 0 Å². The lowest BCUT2D eigenvalue weighted by molar-refractivity contribution is -0.137. The minimum atomic E-state index is -1.01. The van der Waals surface area contributed by atoms with Gasteiger partial charge in [-0.2, -0.15) is 5.10 Å². The van der Waals surface area contributed by atoms with Gasteiger partial charge >= 0.3 is 11.8 Å². The molecule has 0 aromatic rings. The van der Waals surface area contributed by atoms with E-state index in [0.717, 1.165) is 6.42 Å². The van der Waals surface area contributed by atoms with Crippen LogP contribution in [-0.4, -0.2) is 18.0 Å². The summed E-state index contributed by atoms with van der Waals surface area (Å²) >= 11 is 0. The van der Waals surface area contributed by atoms with Gasteiger partial charge in [0.1, 0.15) is 0 Å². The van der Waals surface area contributed by atoms with Crippen molar-refractivity contribution >= 4 is 18.0 Å². The van der Waals surface area contributed by atoms with Crippen molar-refractivity contribution in [3.05, 3.63) is 12.2 Å². The lowest BCUT2D eigenvalue weighted by Crippen LogP contribution is -2.33. The zero-order valence-corrected chi connectivity index (χ0v) is 8.22. The highest BCUT2D eigenvalue weighted by Gasteiger charge is 2.34. The van der Waals surface area contributed by atoms with Crippen LogP contribution >= 0.6 is 0 Å². The molecule has 80 valence electrons. The summed E-state index contributed by atoms with van der Waals surface area (Å²) < 4.78 is 0. The van der Waals surface area contributed by atoms with Crippen molar-refractivity contribution in [1.29, 1.82) is 0 Å². The van der Waals surface area contributed by atoms with Crippen LogP contribution in [0, 0.1) is 17.8 Å². The molecule has 0 radical (unpaired) electrons. The van der Waals surface area contributed by atoms with Gasteiger partial charge in [0.2, 0.25) is 0 Å². The summed E-state index contributed by atoms with van der Waals surface area (Å²) in [5, 5.41) is 3.73. The minimum absolute atomic E-state index is 0.383. The number of hydrogen-bond donors (Lipinski definition) is 2. The van der Waals surface area contributed by atoms with Crippen LogP contribution in [0.1, 0.15) is 12.8 Å². The molecule has 2 rings (SSSR count). The maximum Gasteiger partial charge on any atom is 0.329 e. The number of fused-ring (bicyclic) bond motifs is 2. The molecule has 15 heavy (non-hydrogen) atoms. The molecule has 2 bridgehead atoms. The molecule has 1 saturated carbocycles. The van der Waals surface area contributed by atoms with Crippen molar-refractivity contribution in [1.82, 2.24) is 5.43 Å². The Labute approximate surface area is 87.4 Å². The van der Waals surface area contributed by atoms with E-state index in [2.05, 4.69) is 22.7 Å². The number of carbonyl (C=O) groups is 2. The molecule has 0 aliphatic heterocycles. The second kappa shape index (κ2) is 3.84. The topological polar surface area (TPSA) is 84.5 Å². The fraction of sp³-hybridized carbons (Fsp3) is 0.500. The van der Waals surface area contributed by atoms with Gasteiger partial charge in [0.25, 0.3) is 0 Å². The number of hydrazone groups is 1. The van der Waals surface area contributed by atoms with Gasteiger partial charge in [0.05, 0.1) is 0 Å². The van der Waals surface area contributed by atoms with Crippen LogP contribution in [-0.2, 0) is 9.59 Å². The average molecular weight is 207 g/mol. The van der Waals surface area contributed by atoms with E-state index in [9.17, 15) is 9.59 Å². The number of nitrogens with zero attached hydrogens (tertiary/aromatic N) is 1. The van der Waals surface area contributed by atoms with E-state index < -0.39 is 11.8 Å². The standard InChI is InChI=1S/C10H13N3O2/c11-9(14)10(15)13-12-5-8-4-6-1-2-7(8)3-6/h1-2,5-8H,3-4H2,(H2,11,14)(H,13,15)/b12-5+. The van der Waals surface area contributed by atoms with Crippen LogP contribution < -0.4 is 11.2 Å². The fourth-order valence-electron chi connectivity index (χ4n) is 2.24. The third-order valence-corrected chi connectivity index (χ3v) is 2.99. The van der Waals surface area contributed by atoms with E-state index >= 15 is 0 Å². The van der Waals surface area contributed by atoms with Crippen LogP contribution in [0.4, 0.5) is 0 Å². The predicted molar refractivity (Wildman–Crippen MR) is 54.7 cm³/mol. The normalized spacial score (nSPS) is 32.4. The second-order valence-corrected chi connectivity index (χ2v) is 4.03. The Morgan fingerprint density at radius 2 is 2.20 bits per heavy atom. The number of allylic oxidation sites excluding steroid dienone is 2. The summed E-state index contributed by atoms with van der Waals surface area (Å²) in [6.45, 7) is 0. The third kappa shape index (κ3) is 2.06. The van der Waals surface area contributed by atoms with Gasteiger partial charge in [0.15, 0.2) is 0 Å². The summed E-state index contributed by atoms with van der Waals surface area (Å²) in [5.74, 6) is -0.291. The summed E-state index contributed by atoms with van der Waals surface area (Å²) in [7, 11) is 0. The molecule has 3 unspecified atom stereocenters. The molecule has 2 amide bonds. The highest BCUT2D eigenvalue weighted by Crippen LogP contribution is 2.42. The zero-order valence-electron chi connectivity index (χ0n) is 8.22. The van der Waals surface area contributed by atoms with E-state index in [4.69, 9.17) is 5.73 Å². The maximum absolute atomic E-state index is 10.8. The van der Waals surface area contributed by atoms with E-state index in [0.29, 0.717) is 17.8 Å². The van der Waals surface area contributed by atoms with Crippen LogP contribution in [0.2, 0.25) is 0 Å². The molecule has 0 saturated heterocycles. The Balaban J connectivity index is 1.83. The first-order chi connectivity index (χ1) is 7.16. The molecular weight excluding hydrogens is 194 g/mol. The van der Waals surface area contributed by atoms with Crippen LogP contribution in [0.3, 0.4) is 0 Å². The average Bonchev–Trinajstić information content (AvgIpc) is 2.78. The lowest BCUT2D eigenvalue weighted by atomic mass is 9.95. The van der Waals surface area contributed by atoms with Crippen molar-refractivity contribution in [2.45, 2.75) is 12.8 Å². The quantitative estimate of drug-likeness (QED) is 0.284. The van der Waals surface area contributed by atoms with Crippen LogP contribution in [0.25, 0.3) is 0 Å². The first-order valence-corrected chi connectivity index (χ1v) is 4.98. The first kappa shape index (κ1) is 9.89. The Kier molecular flexibility index (Phi) is 2.53. The Bertz CT molecular complexity index is 349. The molecule has 1 fully saturated rings. The maximum atomic E-state index is 10.8. The summed E-state index contributed by atoms with van der Waals surface area (Å²) in [4.78, 5) is 21.1. The summed E-state index contributed by atoms with van der Waals surface area (Å²) in [5.41, 5.74) is 6.86. The molecule has 2 aliphatic rings. The Morgan fingerprint density at radius 3 is 2.73 bits per heavy atom. The SMILES string of the molecule is NC(=O)C(=O)N/N=C/C1CC2C=CC1C2. The van der Waals surface area contributed by atoms with Crippen molar-refractivity contribution in [3.63, 3.8) is 0 Å². The number of primary amides is 1. The molecule has 3 N–H and O–H groups in total. The van der Waals surface area contributed by atoms with Gasteiger partial charge < -0.3 is 5.73 Å². The molecule has 5 nitrogen and oxygen atoms in total. The highest BCUT2D eigenvalue weighted by molar-refractivity contribution is 6.34. The molecule has 0 spiro atoms. The van der Waals surface area contributed by atoms with E-state index in [1.165, 1.54) is 6.42 Å². The largest absolute Gasteiger partial charge is 0.361 e. The van der Waals surface area contributed by atoms with Gasteiger partial charge in [-0.25, -0.2) is 5.43 Å². The molecular formula is C10H13N3O2. The molecule has 0 aromatic heterocycles. The van der Waals surface area contributed by atoms with E-state index in [1.807, 2.05) is 0 Å². The van der Waals surface area contributed by atoms with Crippen molar-refractivity contribution in [2.24, 2.45) is 28.6 Å². The summed E-state index contributed by atoms with van der Waals surface area (Å²) in [6.07, 6.45) is 8.39. The number of amides is 2. The predicted octanol–water partition coefficient (Wildman–Crippen LogP) is -0.214. The molecule has 2 aliphatic carbocycles. The monoisotopic (exact) mass is 207 g/mol. The minimum Gasteiger partial charge on any atom is -0.361 e. The van der Waals surface area contributed by atoms with Crippen molar-refractivity contribution in [2.75, 3.05) is 0 Å². The molecule has 0 aromatic carbocycles. The number of hydrogen-bond acceptors (Lipinski definition) is 3.